The molecule has 1 saturated carbocycles. The molecule has 1 heterocycles. The van der Waals surface area contributed by atoms with Gasteiger partial charge >= 0.3 is 0 Å². The second-order valence-corrected chi connectivity index (χ2v) is 7.76. The third-order valence-electron chi connectivity index (χ3n) is 4.37. The summed E-state index contributed by atoms with van der Waals surface area (Å²) in [5.74, 6) is 0.803. The molecule has 1 fully saturated rings. The van der Waals surface area contributed by atoms with E-state index in [9.17, 15) is 0 Å². The van der Waals surface area contributed by atoms with Gasteiger partial charge in [0.15, 0.2) is 0 Å². The molecule has 1 N–H and O–H groups in total. The van der Waals surface area contributed by atoms with Gasteiger partial charge < -0.3 is 5.32 Å². The minimum Gasteiger partial charge on any atom is -0.308 e. The van der Waals surface area contributed by atoms with Crippen LogP contribution in [0.2, 0.25) is 0 Å². The largest absolute Gasteiger partial charge is 0.308 e. The van der Waals surface area contributed by atoms with Crippen LogP contribution >= 0.6 is 11.3 Å². The van der Waals surface area contributed by atoms with Crippen LogP contribution in [-0.4, -0.2) is 11.5 Å². The number of thiazole rings is 1. The van der Waals surface area contributed by atoms with Crippen molar-refractivity contribution in [3.05, 3.63) is 16.1 Å². The summed E-state index contributed by atoms with van der Waals surface area (Å²) in [6.07, 6.45) is 7.00. The molecule has 0 aromatic carbocycles. The molecular formula is C16H28N2S. The molecule has 1 aromatic heterocycles. The van der Waals surface area contributed by atoms with Gasteiger partial charge in [-0.15, -0.1) is 11.3 Å². The topological polar surface area (TPSA) is 24.9 Å². The molecular weight excluding hydrogens is 252 g/mol. The lowest BCUT2D eigenvalue weighted by Crippen LogP contribution is -2.34. The van der Waals surface area contributed by atoms with Crippen LogP contribution in [0.3, 0.4) is 0 Å². The summed E-state index contributed by atoms with van der Waals surface area (Å²) < 4.78 is 0. The van der Waals surface area contributed by atoms with Crippen LogP contribution in [0, 0.1) is 18.3 Å². The first-order chi connectivity index (χ1) is 9.01. The van der Waals surface area contributed by atoms with Crippen molar-refractivity contribution in [1.29, 1.82) is 0 Å². The summed E-state index contributed by atoms with van der Waals surface area (Å²) in [4.78, 5) is 4.60. The predicted octanol–water partition coefficient (Wildman–Crippen LogP) is 4.71. The molecule has 0 bridgehead atoms. The summed E-state index contributed by atoms with van der Waals surface area (Å²) in [5.41, 5.74) is 1.76. The molecule has 0 aliphatic heterocycles. The molecule has 1 unspecified atom stereocenters. The van der Waals surface area contributed by atoms with Crippen molar-refractivity contribution in [3.63, 3.8) is 0 Å². The molecule has 0 amide bonds. The molecule has 0 saturated heterocycles. The molecule has 1 atom stereocenters. The molecule has 2 nitrogen and oxygen atoms in total. The van der Waals surface area contributed by atoms with Gasteiger partial charge in [0.1, 0.15) is 0 Å². The number of nitrogens with zero attached hydrogens (tertiary/aromatic N) is 1. The normalized spacial score (nSPS) is 20.1. The number of hydrogen-bond donors (Lipinski definition) is 1. The Morgan fingerprint density at radius 2 is 2.00 bits per heavy atom. The summed E-state index contributed by atoms with van der Waals surface area (Å²) >= 11 is 1.75. The van der Waals surface area contributed by atoms with Crippen LogP contribution in [0.5, 0.6) is 0 Å². The SMILES string of the molecule is Cc1nc(C(C)NCC2(CC(C)C)CCCC2)cs1. The highest BCUT2D eigenvalue weighted by molar-refractivity contribution is 7.09. The fourth-order valence-corrected chi connectivity index (χ4v) is 4.20. The fourth-order valence-electron chi connectivity index (χ4n) is 3.50. The van der Waals surface area contributed by atoms with Crippen molar-refractivity contribution in [3.8, 4) is 0 Å². The molecule has 0 spiro atoms. The standard InChI is InChI=1S/C16H28N2S/c1-12(2)9-16(7-5-6-8-16)11-17-13(3)15-10-19-14(4)18-15/h10,12-13,17H,5-9,11H2,1-4H3. The predicted molar refractivity (Wildman–Crippen MR) is 83.6 cm³/mol. The number of hydrogen-bond acceptors (Lipinski definition) is 3. The van der Waals surface area contributed by atoms with Gasteiger partial charge in [0.25, 0.3) is 0 Å². The zero-order valence-corrected chi connectivity index (χ0v) is 13.6. The Balaban J connectivity index is 1.91. The van der Waals surface area contributed by atoms with Crippen molar-refractivity contribution in [2.45, 2.75) is 65.8 Å². The number of rotatable bonds is 6. The van der Waals surface area contributed by atoms with E-state index in [2.05, 4.69) is 43.4 Å². The fraction of sp³-hybridized carbons (Fsp3) is 0.812. The van der Waals surface area contributed by atoms with Crippen molar-refractivity contribution < 1.29 is 0 Å². The molecule has 2 rings (SSSR count). The average Bonchev–Trinajstić information content (AvgIpc) is 2.95. The highest BCUT2D eigenvalue weighted by Gasteiger charge is 2.34. The Labute approximate surface area is 122 Å². The lowest BCUT2D eigenvalue weighted by atomic mass is 9.78. The molecule has 1 aliphatic rings. The Morgan fingerprint density at radius 1 is 1.32 bits per heavy atom. The lowest BCUT2D eigenvalue weighted by molar-refractivity contribution is 0.216. The highest BCUT2D eigenvalue weighted by Crippen LogP contribution is 2.42. The summed E-state index contributed by atoms with van der Waals surface area (Å²) in [5, 5.41) is 7.10. The van der Waals surface area contributed by atoms with Crippen molar-refractivity contribution in [2.75, 3.05) is 6.54 Å². The Bertz CT molecular complexity index is 391. The van der Waals surface area contributed by atoms with Gasteiger partial charge in [0, 0.05) is 18.0 Å². The Morgan fingerprint density at radius 3 is 2.53 bits per heavy atom. The maximum atomic E-state index is 4.60. The zero-order valence-electron chi connectivity index (χ0n) is 12.8. The first-order valence-corrected chi connectivity index (χ1v) is 8.54. The smallest absolute Gasteiger partial charge is 0.0898 e. The maximum absolute atomic E-state index is 4.60. The van der Waals surface area contributed by atoms with E-state index in [1.165, 1.54) is 42.8 Å². The monoisotopic (exact) mass is 280 g/mol. The van der Waals surface area contributed by atoms with Gasteiger partial charge in [0.05, 0.1) is 10.7 Å². The quantitative estimate of drug-likeness (QED) is 0.816. The van der Waals surface area contributed by atoms with E-state index >= 15 is 0 Å². The van der Waals surface area contributed by atoms with Gasteiger partial charge in [-0.05, 0) is 44.4 Å². The van der Waals surface area contributed by atoms with Gasteiger partial charge in [-0.25, -0.2) is 4.98 Å². The van der Waals surface area contributed by atoms with E-state index in [0.29, 0.717) is 11.5 Å². The molecule has 3 heteroatoms. The van der Waals surface area contributed by atoms with E-state index in [0.717, 1.165) is 12.5 Å². The Hall–Kier alpha value is -0.410. The van der Waals surface area contributed by atoms with E-state index in [1.807, 2.05) is 0 Å². The molecule has 1 aromatic rings. The average molecular weight is 280 g/mol. The van der Waals surface area contributed by atoms with Gasteiger partial charge in [-0.1, -0.05) is 26.7 Å². The van der Waals surface area contributed by atoms with Gasteiger partial charge in [0.2, 0.25) is 0 Å². The molecule has 19 heavy (non-hydrogen) atoms. The van der Waals surface area contributed by atoms with E-state index < -0.39 is 0 Å². The van der Waals surface area contributed by atoms with E-state index in [4.69, 9.17) is 0 Å². The number of nitrogens with one attached hydrogen (secondary N) is 1. The van der Waals surface area contributed by atoms with Crippen LogP contribution < -0.4 is 5.32 Å². The van der Waals surface area contributed by atoms with Crippen LogP contribution in [-0.2, 0) is 0 Å². The van der Waals surface area contributed by atoms with Gasteiger partial charge in [-0.3, -0.25) is 0 Å². The minimum absolute atomic E-state index is 0.384. The van der Waals surface area contributed by atoms with E-state index in [1.54, 1.807) is 11.3 Å². The Kier molecular flexibility index (Phi) is 5.02. The third kappa shape index (κ3) is 4.03. The first kappa shape index (κ1) is 15.0. The van der Waals surface area contributed by atoms with Crippen LogP contribution in [0.25, 0.3) is 0 Å². The molecule has 0 radical (unpaired) electrons. The summed E-state index contributed by atoms with van der Waals surface area (Å²) in [6.45, 7) is 10.2. The van der Waals surface area contributed by atoms with Crippen molar-refractivity contribution >= 4 is 11.3 Å². The van der Waals surface area contributed by atoms with Crippen molar-refractivity contribution in [2.24, 2.45) is 11.3 Å². The summed E-state index contributed by atoms with van der Waals surface area (Å²) in [6, 6.07) is 0.384. The zero-order chi connectivity index (χ0) is 13.9. The third-order valence-corrected chi connectivity index (χ3v) is 5.16. The lowest BCUT2D eigenvalue weighted by Gasteiger charge is -2.32. The number of aryl methyl sites for hydroxylation is 1. The van der Waals surface area contributed by atoms with Gasteiger partial charge in [-0.2, -0.15) is 0 Å². The molecule has 108 valence electrons. The second kappa shape index (κ2) is 6.36. The summed E-state index contributed by atoms with van der Waals surface area (Å²) in [7, 11) is 0. The highest BCUT2D eigenvalue weighted by atomic mass is 32.1. The second-order valence-electron chi connectivity index (χ2n) is 6.70. The minimum atomic E-state index is 0.384. The van der Waals surface area contributed by atoms with Crippen LogP contribution in [0.15, 0.2) is 5.38 Å². The molecule has 1 aliphatic carbocycles. The first-order valence-electron chi connectivity index (χ1n) is 7.66. The maximum Gasteiger partial charge on any atom is 0.0898 e. The van der Waals surface area contributed by atoms with Crippen LogP contribution in [0.1, 0.15) is 69.6 Å². The number of aromatic nitrogens is 1. The van der Waals surface area contributed by atoms with E-state index in [-0.39, 0.29) is 0 Å². The van der Waals surface area contributed by atoms with Crippen LogP contribution in [0.4, 0.5) is 0 Å². The van der Waals surface area contributed by atoms with Crippen molar-refractivity contribution in [1.82, 2.24) is 10.3 Å².